The molecule has 1 aliphatic carbocycles. The van der Waals surface area contributed by atoms with Crippen LogP contribution in [0.1, 0.15) is 32.3 Å². The van der Waals surface area contributed by atoms with E-state index < -0.39 is 11.6 Å². The van der Waals surface area contributed by atoms with Crippen LogP contribution in [0.4, 0.5) is 8.78 Å². The summed E-state index contributed by atoms with van der Waals surface area (Å²) < 4.78 is 26.3. The third kappa shape index (κ3) is 3.55. The summed E-state index contributed by atoms with van der Waals surface area (Å²) in [6, 6.07) is 3.66. The molecule has 0 saturated carbocycles. The lowest BCUT2D eigenvalue weighted by atomic mass is 9.76. The number of hydrogen-bond donors (Lipinski definition) is 0. The molecule has 0 fully saturated rings. The fraction of sp³-hybridized carbons (Fsp3) is 0.467. The lowest BCUT2D eigenvalue weighted by Crippen LogP contribution is -2.22. The monoisotopic (exact) mass is 270 g/mol. The van der Waals surface area contributed by atoms with E-state index in [0.29, 0.717) is 12.0 Å². The van der Waals surface area contributed by atoms with Crippen LogP contribution in [-0.2, 0) is 6.42 Å². The van der Waals surface area contributed by atoms with Crippen molar-refractivity contribution in [3.63, 3.8) is 0 Å². The predicted octanol–water partition coefficient (Wildman–Crippen LogP) is 4.86. The van der Waals surface area contributed by atoms with Crippen LogP contribution in [0.25, 0.3) is 0 Å². The van der Waals surface area contributed by atoms with Crippen LogP contribution in [0, 0.1) is 17.0 Å². The number of allylic oxidation sites excluding steroid dienone is 2. The van der Waals surface area contributed by atoms with Crippen molar-refractivity contribution in [3.05, 3.63) is 47.0 Å². The first kappa shape index (κ1) is 13.5. The van der Waals surface area contributed by atoms with Crippen molar-refractivity contribution in [1.82, 2.24) is 0 Å². The molecule has 18 heavy (non-hydrogen) atoms. The average Bonchev–Trinajstić information content (AvgIpc) is 2.10. The summed E-state index contributed by atoms with van der Waals surface area (Å²) in [5.41, 5.74) is 1.99. The molecule has 2 rings (SSSR count). The van der Waals surface area contributed by atoms with Crippen molar-refractivity contribution >= 4 is 11.6 Å². The summed E-state index contributed by atoms with van der Waals surface area (Å²) in [5, 5.41) is 0.0159. The molecule has 98 valence electrons. The quantitative estimate of drug-likeness (QED) is 0.532. The Hall–Kier alpha value is -0.890. The van der Waals surface area contributed by atoms with Crippen LogP contribution in [-0.4, -0.2) is 5.38 Å². The minimum Gasteiger partial charge on any atom is -0.207 e. The van der Waals surface area contributed by atoms with Gasteiger partial charge in [-0.3, -0.25) is 0 Å². The van der Waals surface area contributed by atoms with E-state index in [4.69, 9.17) is 11.6 Å². The molecule has 0 spiro atoms. The number of hydrogen-bond acceptors (Lipinski definition) is 0. The van der Waals surface area contributed by atoms with Gasteiger partial charge in [0.25, 0.3) is 0 Å². The molecule has 0 heterocycles. The molecule has 1 aromatic rings. The van der Waals surface area contributed by atoms with Gasteiger partial charge in [0.1, 0.15) is 11.6 Å². The lowest BCUT2D eigenvalue weighted by Gasteiger charge is -2.32. The zero-order chi connectivity index (χ0) is 13.3. The van der Waals surface area contributed by atoms with E-state index in [2.05, 4.69) is 13.8 Å². The van der Waals surface area contributed by atoms with Gasteiger partial charge >= 0.3 is 0 Å². The maximum atomic E-state index is 13.1. The van der Waals surface area contributed by atoms with Crippen molar-refractivity contribution in [2.24, 2.45) is 5.41 Å². The molecular formula is C15H17ClF2. The van der Waals surface area contributed by atoms with Gasteiger partial charge < -0.3 is 0 Å². The van der Waals surface area contributed by atoms with Gasteiger partial charge in [-0.15, -0.1) is 11.6 Å². The first-order valence-corrected chi connectivity index (χ1v) is 6.56. The van der Waals surface area contributed by atoms with Gasteiger partial charge in [-0.1, -0.05) is 25.5 Å². The lowest BCUT2D eigenvalue weighted by molar-refractivity contribution is 0.320. The van der Waals surface area contributed by atoms with E-state index in [1.807, 2.05) is 6.08 Å². The van der Waals surface area contributed by atoms with Crippen LogP contribution in [0.2, 0.25) is 0 Å². The van der Waals surface area contributed by atoms with Gasteiger partial charge in [-0.25, -0.2) is 8.78 Å². The van der Waals surface area contributed by atoms with E-state index in [1.165, 1.54) is 12.1 Å². The third-order valence-corrected chi connectivity index (χ3v) is 3.50. The smallest absolute Gasteiger partial charge is 0.126 e. The minimum atomic E-state index is -0.525. The molecule has 0 saturated heterocycles. The average molecular weight is 271 g/mol. The van der Waals surface area contributed by atoms with Gasteiger partial charge in [0.15, 0.2) is 0 Å². The molecule has 1 atom stereocenters. The van der Waals surface area contributed by atoms with Crippen molar-refractivity contribution in [3.8, 4) is 0 Å². The molecule has 1 unspecified atom stereocenters. The molecule has 3 heteroatoms. The maximum Gasteiger partial charge on any atom is 0.126 e. The van der Waals surface area contributed by atoms with E-state index in [0.717, 1.165) is 24.5 Å². The number of alkyl halides is 1. The molecule has 0 amide bonds. The normalized spacial score (nSPS) is 22.7. The van der Waals surface area contributed by atoms with Crippen molar-refractivity contribution in [1.29, 1.82) is 0 Å². The van der Waals surface area contributed by atoms with E-state index in [1.54, 1.807) is 0 Å². The topological polar surface area (TPSA) is 0 Å². The Kier molecular flexibility index (Phi) is 3.76. The van der Waals surface area contributed by atoms with Crippen LogP contribution in [0.15, 0.2) is 29.8 Å². The Morgan fingerprint density at radius 1 is 1.22 bits per heavy atom. The first-order valence-electron chi connectivity index (χ1n) is 6.13. The standard InChI is InChI=1S/C15H17ClF2/c1-15(2)8-11(4-12(16)9-15)3-10-5-13(17)7-14(18)6-10/h4-7,12H,3,8-9H2,1-2H3. The van der Waals surface area contributed by atoms with Gasteiger partial charge in [0.2, 0.25) is 0 Å². The highest BCUT2D eigenvalue weighted by atomic mass is 35.5. The summed E-state index contributed by atoms with van der Waals surface area (Å²) in [5.74, 6) is -1.05. The van der Waals surface area contributed by atoms with Crippen LogP contribution >= 0.6 is 11.6 Å². The Morgan fingerprint density at radius 3 is 2.39 bits per heavy atom. The SMILES string of the molecule is CC1(C)CC(Cc2cc(F)cc(F)c2)=CC(Cl)C1. The molecule has 1 aliphatic rings. The van der Waals surface area contributed by atoms with Crippen LogP contribution in [0.5, 0.6) is 0 Å². The van der Waals surface area contributed by atoms with Crippen molar-refractivity contribution in [2.45, 2.75) is 38.5 Å². The predicted molar refractivity (Wildman–Crippen MR) is 70.8 cm³/mol. The fourth-order valence-electron chi connectivity index (χ4n) is 2.68. The highest BCUT2D eigenvalue weighted by Gasteiger charge is 2.27. The van der Waals surface area contributed by atoms with E-state index in [9.17, 15) is 8.78 Å². The van der Waals surface area contributed by atoms with Gasteiger partial charge in [0.05, 0.1) is 5.38 Å². The molecule has 0 aliphatic heterocycles. The second-order valence-electron chi connectivity index (χ2n) is 5.84. The summed E-state index contributed by atoms with van der Waals surface area (Å²) in [4.78, 5) is 0. The highest BCUT2D eigenvalue weighted by molar-refractivity contribution is 6.21. The van der Waals surface area contributed by atoms with Crippen LogP contribution < -0.4 is 0 Å². The second-order valence-corrected chi connectivity index (χ2v) is 6.40. The zero-order valence-corrected chi connectivity index (χ0v) is 11.4. The van der Waals surface area contributed by atoms with Crippen LogP contribution in [0.3, 0.4) is 0 Å². The zero-order valence-electron chi connectivity index (χ0n) is 10.6. The molecule has 0 nitrogen and oxygen atoms in total. The Labute approximate surface area is 112 Å². The Bertz CT molecular complexity index is 457. The minimum absolute atomic E-state index is 0.0159. The summed E-state index contributed by atoms with van der Waals surface area (Å²) >= 11 is 6.20. The molecule has 0 radical (unpaired) electrons. The van der Waals surface area contributed by atoms with Gasteiger partial charge in [-0.2, -0.15) is 0 Å². The van der Waals surface area contributed by atoms with Gasteiger partial charge in [-0.05, 0) is 42.4 Å². The fourth-order valence-corrected chi connectivity index (χ4v) is 3.28. The number of rotatable bonds is 2. The second kappa shape index (κ2) is 5.00. The molecule has 0 aromatic heterocycles. The number of benzene rings is 1. The summed E-state index contributed by atoms with van der Waals surface area (Å²) in [6.07, 6.45) is 4.46. The third-order valence-electron chi connectivity index (χ3n) is 3.22. The van der Waals surface area contributed by atoms with Crippen molar-refractivity contribution in [2.75, 3.05) is 0 Å². The van der Waals surface area contributed by atoms with E-state index in [-0.39, 0.29) is 10.8 Å². The number of halogens is 3. The van der Waals surface area contributed by atoms with Crippen molar-refractivity contribution < 1.29 is 8.78 Å². The molecular weight excluding hydrogens is 254 g/mol. The Morgan fingerprint density at radius 2 is 1.83 bits per heavy atom. The summed E-state index contributed by atoms with van der Waals surface area (Å²) in [6.45, 7) is 4.34. The molecule has 1 aromatic carbocycles. The maximum absolute atomic E-state index is 13.1. The summed E-state index contributed by atoms with van der Waals surface area (Å²) in [7, 11) is 0. The Balaban J connectivity index is 2.18. The van der Waals surface area contributed by atoms with Gasteiger partial charge in [0, 0.05) is 6.07 Å². The molecule has 0 bridgehead atoms. The highest BCUT2D eigenvalue weighted by Crippen LogP contribution is 2.38. The first-order chi connectivity index (χ1) is 8.34. The molecule has 0 N–H and O–H groups in total. The van der Waals surface area contributed by atoms with E-state index >= 15 is 0 Å². The largest absolute Gasteiger partial charge is 0.207 e.